The summed E-state index contributed by atoms with van der Waals surface area (Å²) in [6.07, 6.45) is 0. The average molecular weight is 373 g/mol. The summed E-state index contributed by atoms with van der Waals surface area (Å²) in [6, 6.07) is 21.4. The topological polar surface area (TPSA) is 75.5 Å². The number of anilines is 2. The summed E-state index contributed by atoms with van der Waals surface area (Å²) in [5.74, 6) is -0.466. The van der Waals surface area contributed by atoms with Crippen LogP contribution in [0, 0.1) is 10.1 Å². The van der Waals surface area contributed by atoms with Gasteiger partial charge >= 0.3 is 0 Å². The van der Waals surface area contributed by atoms with E-state index in [4.69, 9.17) is 0 Å². The molecule has 28 heavy (non-hydrogen) atoms. The Hall–Kier alpha value is -3.67. The van der Waals surface area contributed by atoms with Gasteiger partial charge in [0.15, 0.2) is 0 Å². The lowest BCUT2D eigenvalue weighted by Crippen LogP contribution is -2.35. The zero-order valence-corrected chi connectivity index (χ0v) is 15.3. The van der Waals surface area contributed by atoms with Crippen LogP contribution in [0.2, 0.25) is 0 Å². The van der Waals surface area contributed by atoms with Gasteiger partial charge in [-0.15, -0.1) is 0 Å². The lowest BCUT2D eigenvalue weighted by molar-refractivity contribution is -0.385. The Morgan fingerprint density at radius 3 is 2.07 bits per heavy atom. The highest BCUT2D eigenvalue weighted by atomic mass is 16.6. The third kappa shape index (κ3) is 2.89. The molecule has 0 aliphatic carbocycles. The second kappa shape index (κ2) is 7.15. The van der Waals surface area contributed by atoms with Crippen molar-refractivity contribution in [3.8, 4) is 0 Å². The highest BCUT2D eigenvalue weighted by Crippen LogP contribution is 2.44. The second-order valence-electron chi connectivity index (χ2n) is 6.54. The minimum atomic E-state index is -0.531. The molecule has 1 heterocycles. The van der Waals surface area contributed by atoms with Crippen LogP contribution in [0.5, 0.6) is 0 Å². The Labute approximate surface area is 162 Å². The molecule has 1 aliphatic rings. The Balaban J connectivity index is 1.79. The number of nitro groups is 1. The minimum absolute atomic E-state index is 0.0559. The maximum absolute atomic E-state index is 13.0. The lowest BCUT2D eigenvalue weighted by Gasteiger charge is -2.37. The van der Waals surface area contributed by atoms with Gasteiger partial charge in [0.05, 0.1) is 11.0 Å². The van der Waals surface area contributed by atoms with Crippen molar-refractivity contribution < 1.29 is 9.72 Å². The van der Waals surface area contributed by atoms with E-state index in [2.05, 4.69) is 17.1 Å². The van der Waals surface area contributed by atoms with Crippen LogP contribution < -0.4 is 10.2 Å². The summed E-state index contributed by atoms with van der Waals surface area (Å²) in [5, 5.41) is 14.3. The van der Waals surface area contributed by atoms with Crippen molar-refractivity contribution in [3.05, 3.63) is 99.6 Å². The fourth-order valence-corrected chi connectivity index (χ4v) is 3.78. The third-order valence-electron chi connectivity index (χ3n) is 5.01. The molecule has 6 heteroatoms. The van der Waals surface area contributed by atoms with Crippen LogP contribution in [0.4, 0.5) is 17.1 Å². The highest BCUT2D eigenvalue weighted by molar-refractivity contribution is 5.99. The molecular weight excluding hydrogens is 354 g/mol. The Bertz CT molecular complexity index is 1020. The summed E-state index contributed by atoms with van der Waals surface area (Å²) in [4.78, 5) is 26.0. The number of nitro benzene ring substituents is 1. The number of benzene rings is 3. The van der Waals surface area contributed by atoms with E-state index in [-0.39, 0.29) is 17.3 Å². The van der Waals surface area contributed by atoms with Crippen molar-refractivity contribution >= 4 is 23.0 Å². The molecule has 3 aromatic carbocycles. The fourth-order valence-electron chi connectivity index (χ4n) is 3.78. The van der Waals surface area contributed by atoms with Gasteiger partial charge in [-0.1, -0.05) is 48.5 Å². The van der Waals surface area contributed by atoms with Crippen LogP contribution in [0.25, 0.3) is 0 Å². The molecule has 0 unspecified atom stereocenters. The molecular formula is C22H19N3O3. The first kappa shape index (κ1) is 17.7. The highest BCUT2D eigenvalue weighted by Gasteiger charge is 2.31. The van der Waals surface area contributed by atoms with Crippen LogP contribution in [0.3, 0.4) is 0 Å². The molecule has 0 atom stereocenters. The van der Waals surface area contributed by atoms with Crippen LogP contribution >= 0.6 is 0 Å². The first-order valence-corrected chi connectivity index (χ1v) is 9.11. The quantitative estimate of drug-likeness (QED) is 0.536. The largest absolute Gasteiger partial charge is 0.341 e. The predicted molar refractivity (Wildman–Crippen MR) is 108 cm³/mol. The van der Waals surface area contributed by atoms with Crippen LogP contribution in [-0.2, 0) is 0 Å². The van der Waals surface area contributed by atoms with E-state index in [0.717, 1.165) is 29.0 Å². The second-order valence-corrected chi connectivity index (χ2v) is 6.54. The van der Waals surface area contributed by atoms with Gasteiger partial charge in [-0.25, -0.2) is 0 Å². The van der Waals surface area contributed by atoms with E-state index >= 15 is 0 Å². The van der Waals surface area contributed by atoms with Gasteiger partial charge in [0.1, 0.15) is 5.56 Å². The minimum Gasteiger partial charge on any atom is -0.341 e. The third-order valence-corrected chi connectivity index (χ3v) is 5.01. The Morgan fingerprint density at radius 1 is 0.964 bits per heavy atom. The van der Waals surface area contributed by atoms with Crippen molar-refractivity contribution in [2.24, 2.45) is 0 Å². The van der Waals surface area contributed by atoms with E-state index in [1.54, 1.807) is 12.1 Å². The average Bonchev–Trinajstić information content (AvgIpc) is 2.73. The smallest absolute Gasteiger partial charge is 0.282 e. The molecule has 0 radical (unpaired) electrons. The summed E-state index contributed by atoms with van der Waals surface area (Å²) in [5.41, 5.74) is 3.84. The number of hydrogen-bond donors (Lipinski definition) is 1. The Kier molecular flexibility index (Phi) is 4.53. The molecule has 0 spiro atoms. The molecule has 1 amide bonds. The number of nitrogens with one attached hydrogen (secondary N) is 1. The van der Waals surface area contributed by atoms with Crippen molar-refractivity contribution in [1.82, 2.24) is 5.32 Å². The van der Waals surface area contributed by atoms with E-state index in [1.165, 1.54) is 12.1 Å². The van der Waals surface area contributed by atoms with Crippen molar-refractivity contribution in [2.45, 2.75) is 13.0 Å². The molecule has 1 N–H and O–H groups in total. The number of para-hydroxylation sites is 3. The fraction of sp³-hybridized carbons (Fsp3) is 0.136. The number of carbonyl (C=O) groups excluding carboxylic acids is 1. The standard InChI is InChI=1S/C22H19N3O3/c1-2-24-18-12-6-3-9-15(18)21(16-10-4-7-13-19(16)24)23-22(26)17-11-5-8-14-20(17)25(27)28/h3-14,21H,2H2,1H3,(H,23,26). The van der Waals surface area contributed by atoms with Crippen LogP contribution in [0.1, 0.15) is 34.5 Å². The molecule has 0 fully saturated rings. The number of hydrogen-bond acceptors (Lipinski definition) is 4. The maximum atomic E-state index is 13.0. The van der Waals surface area contributed by atoms with Gasteiger partial charge in [-0.2, -0.15) is 0 Å². The predicted octanol–water partition coefficient (Wildman–Crippen LogP) is 4.59. The lowest BCUT2D eigenvalue weighted by atomic mass is 9.90. The van der Waals surface area contributed by atoms with Gasteiger partial charge in [0, 0.05) is 35.1 Å². The first-order valence-electron chi connectivity index (χ1n) is 9.11. The molecule has 140 valence electrons. The van der Waals surface area contributed by atoms with E-state index < -0.39 is 10.8 Å². The van der Waals surface area contributed by atoms with Gasteiger partial charge < -0.3 is 10.2 Å². The molecule has 6 nitrogen and oxygen atoms in total. The van der Waals surface area contributed by atoms with Crippen molar-refractivity contribution in [3.63, 3.8) is 0 Å². The molecule has 4 rings (SSSR count). The number of carbonyl (C=O) groups is 1. The summed E-state index contributed by atoms with van der Waals surface area (Å²) in [7, 11) is 0. The van der Waals surface area contributed by atoms with Crippen molar-refractivity contribution in [2.75, 3.05) is 11.4 Å². The van der Waals surface area contributed by atoms with E-state index in [0.29, 0.717) is 0 Å². The molecule has 1 aliphatic heterocycles. The van der Waals surface area contributed by atoms with E-state index in [1.807, 2.05) is 48.5 Å². The van der Waals surface area contributed by atoms with Gasteiger partial charge in [0.2, 0.25) is 0 Å². The summed E-state index contributed by atoms with van der Waals surface area (Å²) >= 11 is 0. The molecule has 0 saturated carbocycles. The zero-order valence-electron chi connectivity index (χ0n) is 15.3. The molecule has 0 bridgehead atoms. The summed E-state index contributed by atoms with van der Waals surface area (Å²) < 4.78 is 0. The van der Waals surface area contributed by atoms with Crippen molar-refractivity contribution in [1.29, 1.82) is 0 Å². The molecule has 0 aromatic heterocycles. The monoisotopic (exact) mass is 373 g/mol. The normalized spacial score (nSPS) is 12.8. The number of nitrogens with zero attached hydrogens (tertiary/aromatic N) is 2. The number of rotatable bonds is 4. The van der Waals surface area contributed by atoms with Gasteiger partial charge in [-0.05, 0) is 25.1 Å². The number of fused-ring (bicyclic) bond motifs is 2. The first-order chi connectivity index (χ1) is 13.6. The molecule has 3 aromatic rings. The Morgan fingerprint density at radius 2 is 1.50 bits per heavy atom. The van der Waals surface area contributed by atoms with Gasteiger partial charge in [-0.3, -0.25) is 14.9 Å². The van der Waals surface area contributed by atoms with Crippen LogP contribution in [0.15, 0.2) is 72.8 Å². The van der Waals surface area contributed by atoms with E-state index in [9.17, 15) is 14.9 Å². The molecule has 0 saturated heterocycles. The zero-order chi connectivity index (χ0) is 19.7. The summed E-state index contributed by atoms with van der Waals surface area (Å²) in [6.45, 7) is 2.87. The van der Waals surface area contributed by atoms with Gasteiger partial charge in [0.25, 0.3) is 11.6 Å². The maximum Gasteiger partial charge on any atom is 0.282 e. The SMILES string of the molecule is CCN1c2ccccc2C(NC(=O)c2ccccc2[N+](=O)[O-])c2ccccc21. The van der Waals surface area contributed by atoms with Crippen LogP contribution in [-0.4, -0.2) is 17.4 Å². The number of amides is 1.